The summed E-state index contributed by atoms with van der Waals surface area (Å²) in [5, 5.41) is 2.72. The fourth-order valence-corrected chi connectivity index (χ4v) is 2.87. The van der Waals surface area contributed by atoms with Gasteiger partial charge in [-0.1, -0.05) is 13.8 Å². The van der Waals surface area contributed by atoms with Gasteiger partial charge in [0.05, 0.1) is 11.6 Å². The predicted octanol–water partition coefficient (Wildman–Crippen LogP) is 2.54. The number of amides is 1. The molecule has 0 fully saturated rings. The minimum absolute atomic E-state index is 0.242. The van der Waals surface area contributed by atoms with Crippen LogP contribution in [0.25, 0.3) is 0 Å². The van der Waals surface area contributed by atoms with Crippen LogP contribution in [0.4, 0.5) is 0 Å². The van der Waals surface area contributed by atoms with Gasteiger partial charge in [0, 0.05) is 5.56 Å². The van der Waals surface area contributed by atoms with Crippen LogP contribution in [0.3, 0.4) is 0 Å². The molecule has 0 spiro atoms. The van der Waals surface area contributed by atoms with E-state index < -0.39 is 12.0 Å². The highest BCUT2D eigenvalue weighted by molar-refractivity contribution is 9.10. The van der Waals surface area contributed by atoms with E-state index in [-0.39, 0.29) is 11.8 Å². The van der Waals surface area contributed by atoms with E-state index in [0.717, 1.165) is 0 Å². The zero-order valence-electron chi connectivity index (χ0n) is 13.3. The lowest BCUT2D eigenvalue weighted by Gasteiger charge is -2.21. The van der Waals surface area contributed by atoms with Gasteiger partial charge in [-0.15, -0.1) is 0 Å². The van der Waals surface area contributed by atoms with Crippen molar-refractivity contribution in [1.29, 1.82) is 0 Å². The summed E-state index contributed by atoms with van der Waals surface area (Å²) in [5.41, 5.74) is 0.388. The van der Waals surface area contributed by atoms with Crippen molar-refractivity contribution in [1.82, 2.24) is 5.32 Å². The summed E-state index contributed by atoms with van der Waals surface area (Å²) in [6.45, 7) is 4.85. The summed E-state index contributed by atoms with van der Waals surface area (Å²) < 4.78 is 16.4. The van der Waals surface area contributed by atoms with Crippen LogP contribution in [-0.4, -0.2) is 38.2 Å². The number of benzene rings is 1. The van der Waals surface area contributed by atoms with Gasteiger partial charge >= 0.3 is 5.97 Å². The van der Waals surface area contributed by atoms with Crippen LogP contribution in [0.5, 0.6) is 11.5 Å². The molecule has 1 aliphatic rings. The van der Waals surface area contributed by atoms with Gasteiger partial charge in [0.15, 0.2) is 11.5 Å². The Morgan fingerprint density at radius 1 is 1.30 bits per heavy atom. The fourth-order valence-electron chi connectivity index (χ4n) is 2.31. The van der Waals surface area contributed by atoms with Crippen molar-refractivity contribution in [2.45, 2.75) is 26.3 Å². The first-order chi connectivity index (χ1) is 10.9. The van der Waals surface area contributed by atoms with E-state index in [2.05, 4.69) is 21.2 Å². The van der Waals surface area contributed by atoms with E-state index in [0.29, 0.717) is 41.2 Å². The van der Waals surface area contributed by atoms with Gasteiger partial charge < -0.3 is 19.5 Å². The van der Waals surface area contributed by atoms with Crippen LogP contribution in [0.15, 0.2) is 16.6 Å². The number of hydrogen-bond acceptors (Lipinski definition) is 5. The molecule has 126 valence electrons. The van der Waals surface area contributed by atoms with E-state index >= 15 is 0 Å². The third-order valence-corrected chi connectivity index (χ3v) is 3.95. The van der Waals surface area contributed by atoms with Gasteiger partial charge in [0.25, 0.3) is 5.91 Å². The Hall–Kier alpha value is -1.76. The molecule has 0 aliphatic carbocycles. The number of ether oxygens (including phenoxy) is 3. The molecule has 0 saturated heterocycles. The summed E-state index contributed by atoms with van der Waals surface area (Å²) in [5.74, 6) is 0.516. The van der Waals surface area contributed by atoms with E-state index in [4.69, 9.17) is 14.2 Å². The highest BCUT2D eigenvalue weighted by Gasteiger charge is 2.25. The molecule has 23 heavy (non-hydrogen) atoms. The molecule has 1 amide bonds. The van der Waals surface area contributed by atoms with Gasteiger partial charge in [-0.3, -0.25) is 4.79 Å². The quantitative estimate of drug-likeness (QED) is 0.788. The molecule has 6 nitrogen and oxygen atoms in total. The van der Waals surface area contributed by atoms with Crippen LogP contribution in [0.1, 0.15) is 30.6 Å². The van der Waals surface area contributed by atoms with Gasteiger partial charge in [-0.2, -0.15) is 0 Å². The maximum absolute atomic E-state index is 12.5. The number of carbonyl (C=O) groups is 2. The Balaban J connectivity index is 2.18. The van der Waals surface area contributed by atoms with Gasteiger partial charge in [0.2, 0.25) is 0 Å². The second-order valence-corrected chi connectivity index (χ2v) is 6.52. The zero-order chi connectivity index (χ0) is 17.0. The van der Waals surface area contributed by atoms with Crippen LogP contribution in [-0.2, 0) is 9.53 Å². The van der Waals surface area contributed by atoms with Crippen molar-refractivity contribution >= 4 is 27.8 Å². The van der Waals surface area contributed by atoms with Gasteiger partial charge in [0.1, 0.15) is 19.3 Å². The normalized spacial score (nSPS) is 14.3. The molecule has 1 aromatic carbocycles. The number of methoxy groups -OCH3 is 1. The number of rotatable bonds is 5. The smallest absolute Gasteiger partial charge is 0.328 e. The molecule has 2 rings (SSSR count). The lowest BCUT2D eigenvalue weighted by Crippen LogP contribution is -2.42. The standard InChI is InChI=1S/C16H20BrNO5/c1-9(2)6-12(16(20)21-3)18-15(19)10-7-11(17)14-13(8-10)22-4-5-23-14/h7-9,12H,4-6H2,1-3H3,(H,18,19)/t12-/m1/s1. The lowest BCUT2D eigenvalue weighted by atomic mass is 10.0. The highest BCUT2D eigenvalue weighted by atomic mass is 79.9. The minimum atomic E-state index is -0.681. The third kappa shape index (κ3) is 4.37. The second kappa shape index (κ2) is 7.68. The molecule has 1 atom stereocenters. The Morgan fingerprint density at radius 3 is 2.65 bits per heavy atom. The first-order valence-corrected chi connectivity index (χ1v) is 8.19. The maximum atomic E-state index is 12.5. The Morgan fingerprint density at radius 2 is 2.00 bits per heavy atom. The van der Waals surface area contributed by atoms with Crippen molar-refractivity contribution in [2.75, 3.05) is 20.3 Å². The Labute approximate surface area is 143 Å². The van der Waals surface area contributed by atoms with Crippen molar-refractivity contribution < 1.29 is 23.8 Å². The summed E-state index contributed by atoms with van der Waals surface area (Å²) >= 11 is 3.37. The van der Waals surface area contributed by atoms with Crippen molar-refractivity contribution in [3.63, 3.8) is 0 Å². The lowest BCUT2D eigenvalue weighted by molar-refractivity contribution is -0.143. The molecule has 0 unspecified atom stereocenters. The average molecular weight is 386 g/mol. The number of nitrogens with one attached hydrogen (secondary N) is 1. The second-order valence-electron chi connectivity index (χ2n) is 5.66. The molecule has 0 bridgehead atoms. The first kappa shape index (κ1) is 17.6. The monoisotopic (exact) mass is 385 g/mol. The zero-order valence-corrected chi connectivity index (χ0v) is 14.9. The van der Waals surface area contributed by atoms with Crippen molar-refractivity contribution in [3.05, 3.63) is 22.2 Å². The summed E-state index contributed by atoms with van der Waals surface area (Å²) in [7, 11) is 1.31. The van der Waals surface area contributed by atoms with E-state index in [1.807, 2.05) is 13.8 Å². The van der Waals surface area contributed by atoms with Crippen molar-refractivity contribution in [2.24, 2.45) is 5.92 Å². The molecule has 7 heteroatoms. The Bertz CT molecular complexity index is 602. The summed E-state index contributed by atoms with van der Waals surface area (Å²) in [6.07, 6.45) is 0.504. The molecule has 0 radical (unpaired) electrons. The van der Waals surface area contributed by atoms with E-state index in [1.54, 1.807) is 12.1 Å². The molecular weight excluding hydrogens is 366 g/mol. The third-order valence-electron chi connectivity index (χ3n) is 3.36. The molecule has 1 N–H and O–H groups in total. The summed E-state index contributed by atoms with van der Waals surface area (Å²) in [6, 6.07) is 2.57. The number of halogens is 1. The van der Waals surface area contributed by atoms with E-state index in [1.165, 1.54) is 7.11 Å². The minimum Gasteiger partial charge on any atom is -0.486 e. The fraction of sp³-hybridized carbons (Fsp3) is 0.500. The van der Waals surface area contributed by atoms with Crippen LogP contribution >= 0.6 is 15.9 Å². The molecule has 1 aromatic rings. The average Bonchev–Trinajstić information content (AvgIpc) is 2.53. The topological polar surface area (TPSA) is 73.9 Å². The largest absolute Gasteiger partial charge is 0.486 e. The maximum Gasteiger partial charge on any atom is 0.328 e. The molecule has 0 saturated carbocycles. The number of hydrogen-bond donors (Lipinski definition) is 1. The van der Waals surface area contributed by atoms with Crippen molar-refractivity contribution in [3.8, 4) is 11.5 Å². The molecular formula is C16H20BrNO5. The highest BCUT2D eigenvalue weighted by Crippen LogP contribution is 2.38. The Kier molecular flexibility index (Phi) is 5.87. The first-order valence-electron chi connectivity index (χ1n) is 7.40. The van der Waals surface area contributed by atoms with Crippen LogP contribution < -0.4 is 14.8 Å². The SMILES string of the molecule is COC(=O)[C@@H](CC(C)C)NC(=O)c1cc(Br)c2c(c1)OCCO2. The predicted molar refractivity (Wildman–Crippen MR) is 87.9 cm³/mol. The van der Waals surface area contributed by atoms with E-state index in [9.17, 15) is 9.59 Å². The van der Waals surface area contributed by atoms with Gasteiger partial charge in [-0.05, 0) is 40.4 Å². The van der Waals surface area contributed by atoms with Crippen LogP contribution in [0, 0.1) is 5.92 Å². The molecule has 1 aliphatic heterocycles. The number of esters is 1. The molecule has 1 heterocycles. The van der Waals surface area contributed by atoms with Gasteiger partial charge in [-0.25, -0.2) is 4.79 Å². The summed E-state index contributed by atoms with van der Waals surface area (Å²) in [4.78, 5) is 24.3. The molecule has 0 aromatic heterocycles. The number of fused-ring (bicyclic) bond motifs is 1. The van der Waals surface area contributed by atoms with Crippen LogP contribution in [0.2, 0.25) is 0 Å². The number of carbonyl (C=O) groups excluding carboxylic acids is 2.